The van der Waals surface area contributed by atoms with E-state index in [4.69, 9.17) is 24.5 Å². The van der Waals surface area contributed by atoms with Crippen LogP contribution in [-0.2, 0) is 25.3 Å². The fraction of sp³-hybridized carbons (Fsp3) is 0.500. The van der Waals surface area contributed by atoms with E-state index >= 15 is 0 Å². The molecular formula is C22H33N6O5P. The second kappa shape index (κ2) is 12.2. The Hall–Kier alpha value is -2.56. The van der Waals surface area contributed by atoms with Crippen molar-refractivity contribution in [3.63, 3.8) is 0 Å². The van der Waals surface area contributed by atoms with E-state index < -0.39 is 19.9 Å². The average Bonchev–Trinajstić information content (AvgIpc) is 3.22. The third-order valence-electron chi connectivity index (χ3n) is 4.88. The van der Waals surface area contributed by atoms with Gasteiger partial charge in [-0.1, -0.05) is 18.2 Å². The molecule has 0 spiro atoms. The number of ether oxygens (including phenoxy) is 3. The van der Waals surface area contributed by atoms with Crippen molar-refractivity contribution in [2.24, 2.45) is 0 Å². The molecule has 2 heterocycles. The van der Waals surface area contributed by atoms with Gasteiger partial charge >= 0.3 is 7.52 Å². The third-order valence-corrected chi connectivity index (χ3v) is 6.67. The van der Waals surface area contributed by atoms with Gasteiger partial charge in [-0.25, -0.2) is 20.0 Å². The Bertz CT molecular complexity index is 1080. The van der Waals surface area contributed by atoms with Crippen LogP contribution in [-0.4, -0.2) is 57.5 Å². The van der Waals surface area contributed by atoms with Crippen molar-refractivity contribution in [2.45, 2.75) is 52.7 Å². The van der Waals surface area contributed by atoms with Gasteiger partial charge < -0.3 is 29.0 Å². The lowest BCUT2D eigenvalue weighted by molar-refractivity contribution is -0.148. The standard InChI is InChI=1S/C22H33N6O5P/c1-5-30-22(31-6-2)17(4)27-34(29,33-18-10-8-7-9-11-18)15-32-16(3)12-28-14-26-19-20(23)24-13-25-21(19)28/h7-11,13-14,16-17,22H,5-6,12,15H2,1-4H3,(H,27,29)(H2,23,24,25)/t16-,17+,34?/m1/s1. The van der Waals surface area contributed by atoms with E-state index in [0.717, 1.165) is 0 Å². The number of hydrogen-bond donors (Lipinski definition) is 2. The topological polar surface area (TPSA) is 136 Å². The third kappa shape index (κ3) is 6.97. The number of imidazole rings is 1. The average molecular weight is 493 g/mol. The zero-order valence-corrected chi connectivity index (χ0v) is 20.9. The first kappa shape index (κ1) is 26.1. The SMILES string of the molecule is CCOC(OCC)[C@H](C)NP(=O)(CO[C@H](C)Cn1cnc2c(N)ncnc21)Oc1ccccc1. The van der Waals surface area contributed by atoms with E-state index in [1.54, 1.807) is 18.5 Å². The minimum Gasteiger partial charge on any atom is -0.431 e. The predicted octanol–water partition coefficient (Wildman–Crippen LogP) is 3.42. The number of nitrogens with one attached hydrogen (secondary N) is 1. The van der Waals surface area contributed by atoms with E-state index in [-0.39, 0.29) is 12.5 Å². The number of benzene rings is 1. The van der Waals surface area contributed by atoms with Crippen molar-refractivity contribution in [2.75, 3.05) is 25.3 Å². The van der Waals surface area contributed by atoms with Gasteiger partial charge in [0, 0.05) is 13.2 Å². The van der Waals surface area contributed by atoms with Crippen molar-refractivity contribution >= 4 is 24.5 Å². The van der Waals surface area contributed by atoms with Crippen LogP contribution in [0.2, 0.25) is 0 Å². The second-order valence-electron chi connectivity index (χ2n) is 7.71. The van der Waals surface area contributed by atoms with Gasteiger partial charge in [0.15, 0.2) is 17.8 Å². The fourth-order valence-corrected chi connectivity index (χ4v) is 5.20. The molecule has 3 rings (SSSR count). The molecule has 0 saturated heterocycles. The molecule has 0 bridgehead atoms. The minimum atomic E-state index is -3.50. The number of aromatic nitrogens is 4. The summed E-state index contributed by atoms with van der Waals surface area (Å²) in [6.07, 6.45) is 1.95. The molecule has 3 aromatic rings. The summed E-state index contributed by atoms with van der Waals surface area (Å²) in [5.74, 6) is 0.786. The summed E-state index contributed by atoms with van der Waals surface area (Å²) in [4.78, 5) is 12.5. The van der Waals surface area contributed by atoms with Crippen LogP contribution in [0.1, 0.15) is 27.7 Å². The Balaban J connectivity index is 1.71. The largest absolute Gasteiger partial charge is 0.431 e. The number of nitrogens with two attached hydrogens (primary N) is 1. The molecular weight excluding hydrogens is 459 g/mol. The quantitative estimate of drug-likeness (QED) is 0.254. The second-order valence-corrected chi connectivity index (χ2v) is 9.75. The molecule has 0 amide bonds. The van der Waals surface area contributed by atoms with Gasteiger partial charge in [-0.15, -0.1) is 0 Å². The fourth-order valence-electron chi connectivity index (χ4n) is 3.37. The molecule has 3 N–H and O–H groups in total. The van der Waals surface area contributed by atoms with E-state index in [9.17, 15) is 4.57 Å². The smallest absolute Gasteiger partial charge is 0.342 e. The summed E-state index contributed by atoms with van der Waals surface area (Å²) in [6.45, 7) is 8.80. The van der Waals surface area contributed by atoms with E-state index in [1.165, 1.54) is 6.33 Å². The Kier molecular flexibility index (Phi) is 9.37. The highest BCUT2D eigenvalue weighted by Gasteiger charge is 2.32. The monoisotopic (exact) mass is 492 g/mol. The number of nitrogens with zero attached hydrogens (tertiary/aromatic N) is 4. The lowest BCUT2D eigenvalue weighted by atomic mass is 10.3. The highest BCUT2D eigenvalue weighted by molar-refractivity contribution is 7.57. The van der Waals surface area contributed by atoms with Gasteiger partial charge in [-0.3, -0.25) is 4.57 Å². The molecule has 0 aliphatic rings. The Morgan fingerprint density at radius 3 is 2.44 bits per heavy atom. The number of nitrogen functional groups attached to an aromatic ring is 1. The first-order valence-electron chi connectivity index (χ1n) is 11.2. The Morgan fingerprint density at radius 1 is 1.06 bits per heavy atom. The maximum atomic E-state index is 13.8. The van der Waals surface area contributed by atoms with Crippen LogP contribution in [0.5, 0.6) is 5.75 Å². The molecule has 1 aromatic carbocycles. The zero-order valence-electron chi connectivity index (χ0n) is 20.0. The number of rotatable bonds is 14. The van der Waals surface area contributed by atoms with Crippen LogP contribution in [0, 0.1) is 0 Å². The summed E-state index contributed by atoms with van der Waals surface area (Å²) < 4.78 is 38.8. The first-order chi connectivity index (χ1) is 16.3. The van der Waals surface area contributed by atoms with Crippen LogP contribution < -0.4 is 15.3 Å². The molecule has 0 fully saturated rings. The van der Waals surface area contributed by atoms with Crippen LogP contribution in [0.3, 0.4) is 0 Å². The van der Waals surface area contributed by atoms with Crippen LogP contribution >= 0.6 is 7.52 Å². The molecule has 0 aliphatic heterocycles. The summed E-state index contributed by atoms with van der Waals surface area (Å²) in [6, 6.07) is 8.56. The van der Waals surface area contributed by atoms with Gasteiger partial charge in [0.1, 0.15) is 23.9 Å². The van der Waals surface area contributed by atoms with Crippen LogP contribution in [0.15, 0.2) is 43.0 Å². The molecule has 11 nitrogen and oxygen atoms in total. The number of anilines is 1. The van der Waals surface area contributed by atoms with Crippen molar-refractivity contribution in [1.82, 2.24) is 24.6 Å². The highest BCUT2D eigenvalue weighted by Crippen LogP contribution is 2.44. The van der Waals surface area contributed by atoms with E-state index in [0.29, 0.717) is 42.5 Å². The van der Waals surface area contributed by atoms with Crippen LogP contribution in [0.25, 0.3) is 11.2 Å². The Morgan fingerprint density at radius 2 is 1.76 bits per heavy atom. The number of para-hydroxylation sites is 1. The lowest BCUT2D eigenvalue weighted by Crippen LogP contribution is -2.41. The van der Waals surface area contributed by atoms with Gasteiger partial charge in [-0.05, 0) is 39.8 Å². The van der Waals surface area contributed by atoms with Gasteiger partial charge in [0.25, 0.3) is 0 Å². The summed E-state index contributed by atoms with van der Waals surface area (Å²) in [7, 11) is -3.50. The molecule has 186 valence electrons. The molecule has 34 heavy (non-hydrogen) atoms. The summed E-state index contributed by atoms with van der Waals surface area (Å²) >= 11 is 0. The molecule has 12 heteroatoms. The van der Waals surface area contributed by atoms with Gasteiger partial charge in [0.2, 0.25) is 0 Å². The maximum Gasteiger partial charge on any atom is 0.342 e. The zero-order chi connectivity index (χ0) is 24.6. The highest BCUT2D eigenvalue weighted by atomic mass is 31.2. The molecule has 2 aromatic heterocycles. The van der Waals surface area contributed by atoms with Crippen LogP contribution in [0.4, 0.5) is 5.82 Å². The molecule has 0 saturated carbocycles. The normalized spacial score (nSPS) is 15.3. The first-order valence-corrected chi connectivity index (χ1v) is 13.0. The molecule has 0 aliphatic carbocycles. The molecule has 0 radical (unpaired) electrons. The minimum absolute atomic E-state index is 0.165. The molecule has 3 atom stereocenters. The number of fused-ring (bicyclic) bond motifs is 1. The summed E-state index contributed by atoms with van der Waals surface area (Å²) in [5, 5.41) is 3.06. The summed E-state index contributed by atoms with van der Waals surface area (Å²) in [5.41, 5.74) is 7.00. The lowest BCUT2D eigenvalue weighted by Gasteiger charge is -2.29. The van der Waals surface area contributed by atoms with Crippen molar-refractivity contribution in [3.05, 3.63) is 43.0 Å². The maximum absolute atomic E-state index is 13.8. The van der Waals surface area contributed by atoms with Crippen molar-refractivity contribution in [1.29, 1.82) is 0 Å². The van der Waals surface area contributed by atoms with Crippen molar-refractivity contribution < 1.29 is 23.3 Å². The van der Waals surface area contributed by atoms with E-state index in [2.05, 4.69) is 20.0 Å². The van der Waals surface area contributed by atoms with Gasteiger partial charge in [-0.2, -0.15) is 0 Å². The van der Waals surface area contributed by atoms with E-state index in [1.807, 2.05) is 50.5 Å². The predicted molar refractivity (Wildman–Crippen MR) is 129 cm³/mol. The van der Waals surface area contributed by atoms with Crippen molar-refractivity contribution in [3.8, 4) is 5.75 Å². The molecule has 1 unspecified atom stereocenters. The van der Waals surface area contributed by atoms with Gasteiger partial charge in [0.05, 0.1) is 25.0 Å². The Labute approximate surface area is 199 Å². The number of hydrogen-bond acceptors (Lipinski definition) is 9.